The molecule has 750 valence electrons. The first-order chi connectivity index (χ1) is 63.4. The molecule has 0 aliphatic carbocycles. The summed E-state index contributed by atoms with van der Waals surface area (Å²) in [4.78, 5) is 341. The highest BCUT2D eigenvalue weighted by atomic mass is 16.7. The first kappa shape index (κ1) is 109. The minimum atomic E-state index is -2.84. The standard InChI is InChI=1S/C78H105N9O48/c1-25(88)112-19-40-55(118-28(4)91)61(124-34(10)97)49-67(130-40)73(106)85-52-64(127-37(13)100)58(121-31(7)94)43(22-115-46(103)16-79)133-70(52)77(110)83-50-62(125-35(11)98)56(119-29(5)92)41(20-113-26(2)89)131-68(50)75(108)87-54-66(129-39(15)102)60(123-33(9)96)45(24-117-48(105)18-81)135-72(54)78(111)84-51-63(126-36(12)99)57(120-30(6)93)42(21-114-27(3)90)132-69(51)74(107)86-53-65(128-38(14)101)59(122-32(8)95)44(23-116-47(104)17-80)134-71(53)76(109)82-49/h40-45,49-72H,16-24,79-81H2,1-15H3,(H,82,109)(H,83,110)(H,84,111)(H,85,106)(H,86,107)(H,87,108)/t40-,41-,42-,43-,44-,45-,49-,50-,51-,52-,53-,54-,55-,56-,57-,58-,59-,60-,61-,62-,63-,64-,65-,66-,67-,68-,69-,70-,71-,72-/m1/s1. The molecule has 0 unspecified atom stereocenters. The van der Waals surface area contributed by atoms with E-state index in [-0.39, 0.29) is 0 Å². The lowest BCUT2D eigenvalue weighted by Gasteiger charge is -2.49. The summed E-state index contributed by atoms with van der Waals surface area (Å²) in [6, 6.07) is -16.0. The lowest BCUT2D eigenvalue weighted by atomic mass is 9.86. The summed E-state index contributed by atoms with van der Waals surface area (Å²) in [6.07, 6.45) is -58.9. The first-order valence-electron chi connectivity index (χ1n) is 41.2. The van der Waals surface area contributed by atoms with Gasteiger partial charge >= 0.3 is 107 Å². The van der Waals surface area contributed by atoms with Crippen LogP contribution in [0.3, 0.4) is 0 Å². The summed E-state index contributed by atoms with van der Waals surface area (Å²) >= 11 is 0. The van der Waals surface area contributed by atoms with E-state index in [1.807, 2.05) is 0 Å². The van der Waals surface area contributed by atoms with Crippen molar-refractivity contribution in [2.75, 3.05) is 59.3 Å². The fourth-order valence-corrected chi connectivity index (χ4v) is 15.5. The first-order valence-corrected chi connectivity index (χ1v) is 41.2. The van der Waals surface area contributed by atoms with Gasteiger partial charge in [-0.3, -0.25) is 115 Å². The Morgan fingerprint density at radius 3 is 0.430 bits per heavy atom. The van der Waals surface area contributed by atoms with Crippen LogP contribution in [0.25, 0.3) is 0 Å². The Balaban J connectivity index is 1.74. The molecule has 135 heavy (non-hydrogen) atoms. The SMILES string of the molecule is CC(=O)OC[C@H]1O[C@H]2C(=O)N[C@@H]3[C@@H](OC(C)=O)[C@H](OC(C)=O)[C@@H](COC(=O)CN)O[C@H]3C(=O)N[C@@H]3[C@@H](OC(C)=O)[C@H](OC(C)=O)[C@@H](COC(C)=O)O[C@H]3C(=O)N[C@@H]3[C@@H](OC(C)=O)[C@H](OC(C)=O)[C@@H](COC(=O)CN)O[C@H]3C(=O)N[C@@H]3[C@@H](OC(C)=O)[C@H](OC(C)=O)[C@@H](COC(C)=O)O[C@H]3C(=O)N[C@@H]3[C@@H](OC(C)=O)[C@H](OC(C)=O)[C@@H](COC(=O)CN)O[C@H]3C(=O)N[C@@H]2[C@@H](OC(C)=O)[C@@H]1OC(C)=O. The van der Waals surface area contributed by atoms with E-state index in [0.717, 1.165) is 62.3 Å². The number of carbonyl (C=O) groups excluding carboxylic acids is 24. The molecule has 57 heteroatoms. The van der Waals surface area contributed by atoms with Crippen LogP contribution in [0, 0.1) is 0 Å². The van der Waals surface area contributed by atoms with E-state index in [0.29, 0.717) is 41.5 Å². The Hall–Kier alpha value is -13.1. The van der Waals surface area contributed by atoms with Gasteiger partial charge in [-0.05, 0) is 0 Å². The van der Waals surface area contributed by atoms with Gasteiger partial charge < -0.3 is 163 Å². The maximum Gasteiger partial charge on any atom is 0.319 e. The molecule has 7 heterocycles. The number of carbonyl (C=O) groups is 24. The number of fused-ring (bicyclic) bond motifs is 6. The normalized spacial score (nSPS) is 32.4. The molecule has 12 N–H and O–H groups in total. The van der Waals surface area contributed by atoms with Gasteiger partial charge in [0.2, 0.25) is 0 Å². The van der Waals surface area contributed by atoms with Crippen LogP contribution in [-0.4, -0.2) is 385 Å². The minimum Gasteiger partial charge on any atom is -0.463 e. The van der Waals surface area contributed by atoms with Crippen molar-refractivity contribution in [3.8, 4) is 0 Å². The second-order valence-corrected chi connectivity index (χ2v) is 30.7. The van der Waals surface area contributed by atoms with Gasteiger partial charge in [-0.2, -0.15) is 0 Å². The van der Waals surface area contributed by atoms with Crippen molar-refractivity contribution >= 4 is 143 Å². The number of esters is 18. The Kier molecular flexibility index (Phi) is 39.7. The molecule has 0 radical (unpaired) electrons. The summed E-state index contributed by atoms with van der Waals surface area (Å²) in [6.45, 7) is 1.35. The third-order valence-electron chi connectivity index (χ3n) is 20.3. The van der Waals surface area contributed by atoms with Crippen LogP contribution in [0.5, 0.6) is 0 Å². The summed E-state index contributed by atoms with van der Waals surface area (Å²) in [7, 11) is 0. The van der Waals surface area contributed by atoms with Gasteiger partial charge in [0.15, 0.2) is 110 Å². The van der Waals surface area contributed by atoms with Gasteiger partial charge in [-0.25, -0.2) is 0 Å². The number of nitrogens with two attached hydrogens (primary N) is 3. The van der Waals surface area contributed by atoms with Crippen LogP contribution in [0.2, 0.25) is 0 Å². The Bertz CT molecular complexity index is 4060. The van der Waals surface area contributed by atoms with Crippen LogP contribution in [0.1, 0.15) is 104 Å². The molecule has 30 atom stereocenters. The van der Waals surface area contributed by atoms with Crippen molar-refractivity contribution in [2.45, 2.75) is 287 Å². The molecule has 0 bridgehead atoms. The van der Waals surface area contributed by atoms with Gasteiger partial charge in [0.05, 0.1) is 19.6 Å². The smallest absolute Gasteiger partial charge is 0.319 e. The topological polar surface area (TPSA) is 781 Å². The molecule has 0 aromatic carbocycles. The van der Waals surface area contributed by atoms with Crippen molar-refractivity contribution in [3.05, 3.63) is 0 Å². The molecule has 0 spiro atoms. The number of ether oxygens (including phenoxy) is 24. The monoisotopic (exact) mass is 1940 g/mol. The highest BCUT2D eigenvalue weighted by Crippen LogP contribution is 2.38. The van der Waals surface area contributed by atoms with Crippen molar-refractivity contribution in [3.63, 3.8) is 0 Å². The quantitative estimate of drug-likeness (QED) is 0.0272. The van der Waals surface area contributed by atoms with Crippen molar-refractivity contribution in [1.29, 1.82) is 0 Å². The van der Waals surface area contributed by atoms with Gasteiger partial charge in [-0.1, -0.05) is 0 Å². The third-order valence-corrected chi connectivity index (χ3v) is 20.3. The molecule has 0 aromatic heterocycles. The summed E-state index contributed by atoms with van der Waals surface area (Å²) in [5.41, 5.74) is 16.8. The average molecular weight is 1940 g/mol. The Morgan fingerprint density at radius 1 is 0.200 bits per heavy atom. The van der Waals surface area contributed by atoms with Crippen LogP contribution >= 0.6 is 0 Å². The molecule has 6 amide bonds. The van der Waals surface area contributed by atoms with Crippen molar-refractivity contribution in [1.82, 2.24) is 31.9 Å². The van der Waals surface area contributed by atoms with Crippen LogP contribution in [0.15, 0.2) is 0 Å². The molecule has 7 rings (SSSR count). The van der Waals surface area contributed by atoms with Gasteiger partial charge in [-0.15, -0.1) is 0 Å². The molecule has 7 aliphatic heterocycles. The van der Waals surface area contributed by atoms with Gasteiger partial charge in [0.25, 0.3) is 35.4 Å². The van der Waals surface area contributed by atoms with E-state index in [1.165, 1.54) is 0 Å². The highest BCUT2D eigenvalue weighted by Gasteiger charge is 2.64. The zero-order valence-corrected chi connectivity index (χ0v) is 75.0. The summed E-state index contributed by atoms with van der Waals surface area (Å²) in [5, 5.41) is 13.9. The second-order valence-electron chi connectivity index (χ2n) is 30.7. The molecule has 7 saturated heterocycles. The zero-order valence-electron chi connectivity index (χ0n) is 75.0. The Labute approximate surface area is 764 Å². The van der Waals surface area contributed by atoms with Crippen molar-refractivity contribution < 1.29 is 229 Å². The number of amides is 6. The fourth-order valence-electron chi connectivity index (χ4n) is 15.5. The zero-order chi connectivity index (χ0) is 101. The van der Waals surface area contributed by atoms with E-state index in [9.17, 15) is 86.3 Å². The number of rotatable bonds is 27. The second kappa shape index (κ2) is 49.2. The third kappa shape index (κ3) is 30.0. The average Bonchev–Trinajstić information content (AvgIpc) is 0.753. The predicted molar refractivity (Wildman–Crippen MR) is 420 cm³/mol. The van der Waals surface area contributed by atoms with Gasteiger partial charge in [0.1, 0.15) is 113 Å². The van der Waals surface area contributed by atoms with Crippen LogP contribution < -0.4 is 49.1 Å². The molecular formula is C78H105N9O48. The van der Waals surface area contributed by atoms with Crippen molar-refractivity contribution in [2.24, 2.45) is 17.2 Å². The van der Waals surface area contributed by atoms with Crippen LogP contribution in [-0.2, 0) is 229 Å². The van der Waals surface area contributed by atoms with E-state index < -0.39 is 385 Å². The van der Waals surface area contributed by atoms with Crippen LogP contribution in [0.4, 0.5) is 0 Å². The lowest BCUT2D eigenvalue weighted by Crippen LogP contribution is -2.76. The Morgan fingerprint density at radius 2 is 0.319 bits per heavy atom. The van der Waals surface area contributed by atoms with Gasteiger partial charge in [0, 0.05) is 104 Å². The maximum atomic E-state index is 16.6. The largest absolute Gasteiger partial charge is 0.463 e. The summed E-state index contributed by atoms with van der Waals surface area (Å²) < 4.78 is 139. The number of hydrogen-bond acceptors (Lipinski definition) is 51. The molecule has 57 nitrogen and oxygen atoms in total. The van der Waals surface area contributed by atoms with E-state index in [2.05, 4.69) is 31.9 Å². The number of nitrogens with one attached hydrogen (secondary N) is 6. The molecular weight excluding hydrogens is 1830 g/mol. The minimum absolute atomic E-state index is 0.700. The molecule has 0 saturated carbocycles. The van der Waals surface area contributed by atoms with E-state index in [4.69, 9.17) is 131 Å². The van der Waals surface area contributed by atoms with E-state index >= 15 is 28.8 Å². The molecule has 7 fully saturated rings. The lowest BCUT2D eigenvalue weighted by molar-refractivity contribution is -0.235. The molecule has 0 aromatic rings. The van der Waals surface area contributed by atoms with E-state index in [1.54, 1.807) is 0 Å². The summed E-state index contributed by atoms with van der Waals surface area (Å²) in [5.74, 6) is -34.9. The predicted octanol–water partition coefficient (Wildman–Crippen LogP) is -11.1. The highest BCUT2D eigenvalue weighted by molar-refractivity contribution is 5.92. The number of hydrogen-bond donors (Lipinski definition) is 9. The molecule has 7 aliphatic rings. The fraction of sp³-hybridized carbons (Fsp3) is 0.692. The maximum absolute atomic E-state index is 16.6.